The molecule has 1 N–H and O–H groups in total. The highest BCUT2D eigenvalue weighted by atomic mass is 16.5. The summed E-state index contributed by atoms with van der Waals surface area (Å²) in [6, 6.07) is 11.7. The molecule has 0 aromatic heterocycles. The van der Waals surface area contributed by atoms with Crippen LogP contribution in [0.4, 0.5) is 4.79 Å². The normalized spacial score (nSPS) is 16.0. The fourth-order valence-electron chi connectivity index (χ4n) is 3.62. The molecule has 2 aromatic carbocycles. The summed E-state index contributed by atoms with van der Waals surface area (Å²) in [5.74, 6) is 0.809. The number of urea groups is 1. The van der Waals surface area contributed by atoms with Gasteiger partial charge in [0.1, 0.15) is 5.75 Å². The molecule has 2 aromatic rings. The number of hydrogen-bond acceptors (Lipinski definition) is 6. The number of carbonyl (C=O) groups excluding carboxylic acids is 2. The fraction of sp³-hybridized carbons (Fsp3) is 0.304. The van der Waals surface area contributed by atoms with Crippen LogP contribution in [0.15, 0.2) is 53.7 Å². The standard InChI is InChI=1S/C23H26N2O6/c1-14-20(22(26)31-5)21(16-11-18(29-3)19(30-4)12-17(16)28-2)24-23(27)25(14)13-15-9-7-6-8-10-15/h6-12,21H,13H2,1-5H3,(H,24,27). The number of hydrogen-bond donors (Lipinski definition) is 1. The number of allylic oxidation sites excluding steroid dienone is 1. The number of nitrogens with one attached hydrogen (secondary N) is 1. The van der Waals surface area contributed by atoms with Gasteiger partial charge in [0, 0.05) is 17.3 Å². The van der Waals surface area contributed by atoms with Crippen molar-refractivity contribution < 1.29 is 28.5 Å². The van der Waals surface area contributed by atoms with E-state index in [9.17, 15) is 9.59 Å². The van der Waals surface area contributed by atoms with Crippen LogP contribution >= 0.6 is 0 Å². The van der Waals surface area contributed by atoms with E-state index in [1.165, 1.54) is 33.3 Å². The van der Waals surface area contributed by atoms with Crippen LogP contribution in [-0.2, 0) is 16.1 Å². The lowest BCUT2D eigenvalue weighted by Crippen LogP contribution is -2.47. The Morgan fingerprint density at radius 1 is 0.968 bits per heavy atom. The predicted octanol–water partition coefficient (Wildman–Crippen LogP) is 3.43. The number of benzene rings is 2. The van der Waals surface area contributed by atoms with E-state index in [1.54, 1.807) is 19.1 Å². The van der Waals surface area contributed by atoms with Gasteiger partial charge in [-0.3, -0.25) is 4.90 Å². The van der Waals surface area contributed by atoms with E-state index in [2.05, 4.69) is 5.32 Å². The summed E-state index contributed by atoms with van der Waals surface area (Å²) >= 11 is 0. The van der Waals surface area contributed by atoms with Gasteiger partial charge >= 0.3 is 12.0 Å². The van der Waals surface area contributed by atoms with Crippen LogP contribution in [0.2, 0.25) is 0 Å². The molecule has 0 saturated heterocycles. The second kappa shape index (κ2) is 9.42. The smallest absolute Gasteiger partial charge is 0.337 e. The highest BCUT2D eigenvalue weighted by molar-refractivity contribution is 5.95. The van der Waals surface area contributed by atoms with Gasteiger partial charge in [0.25, 0.3) is 0 Å². The minimum absolute atomic E-state index is 0.309. The van der Waals surface area contributed by atoms with Gasteiger partial charge in [-0.2, -0.15) is 0 Å². The lowest BCUT2D eigenvalue weighted by atomic mass is 9.93. The van der Waals surface area contributed by atoms with Gasteiger partial charge < -0.3 is 24.3 Å². The molecule has 0 bridgehead atoms. The average Bonchev–Trinajstić information content (AvgIpc) is 2.80. The van der Waals surface area contributed by atoms with Crippen LogP contribution in [0.3, 0.4) is 0 Å². The lowest BCUT2D eigenvalue weighted by molar-refractivity contribution is -0.136. The Kier molecular flexibility index (Phi) is 6.69. The molecule has 3 rings (SSSR count). The first kappa shape index (κ1) is 22.0. The molecule has 164 valence electrons. The summed E-state index contributed by atoms with van der Waals surface area (Å²) in [5.41, 5.74) is 2.29. The Morgan fingerprint density at radius 2 is 1.58 bits per heavy atom. The van der Waals surface area contributed by atoms with Crippen molar-refractivity contribution in [3.8, 4) is 17.2 Å². The second-order valence-electron chi connectivity index (χ2n) is 6.89. The molecule has 31 heavy (non-hydrogen) atoms. The molecule has 8 nitrogen and oxygen atoms in total. The van der Waals surface area contributed by atoms with Crippen molar-refractivity contribution in [2.75, 3.05) is 28.4 Å². The third-order valence-electron chi connectivity index (χ3n) is 5.23. The second-order valence-corrected chi connectivity index (χ2v) is 6.89. The highest BCUT2D eigenvalue weighted by Gasteiger charge is 2.38. The van der Waals surface area contributed by atoms with Crippen molar-refractivity contribution in [2.24, 2.45) is 0 Å². The Balaban J connectivity index is 2.13. The maximum absolute atomic E-state index is 13.1. The van der Waals surface area contributed by atoms with E-state index in [-0.39, 0.29) is 6.03 Å². The molecule has 1 atom stereocenters. The van der Waals surface area contributed by atoms with E-state index in [0.717, 1.165) is 5.56 Å². The molecule has 0 radical (unpaired) electrons. The van der Waals surface area contributed by atoms with Crippen LogP contribution in [0.5, 0.6) is 17.2 Å². The van der Waals surface area contributed by atoms with Crippen molar-refractivity contribution in [3.63, 3.8) is 0 Å². The van der Waals surface area contributed by atoms with E-state index in [1.807, 2.05) is 30.3 Å². The average molecular weight is 426 g/mol. The summed E-state index contributed by atoms with van der Waals surface area (Å²) in [4.78, 5) is 27.4. The van der Waals surface area contributed by atoms with Gasteiger partial charge in [0.05, 0.1) is 46.6 Å². The summed E-state index contributed by atoms with van der Waals surface area (Å²) in [6.45, 7) is 2.04. The van der Waals surface area contributed by atoms with Gasteiger partial charge in [0.2, 0.25) is 0 Å². The van der Waals surface area contributed by atoms with Gasteiger partial charge in [0.15, 0.2) is 11.5 Å². The predicted molar refractivity (Wildman–Crippen MR) is 114 cm³/mol. The van der Waals surface area contributed by atoms with Crippen molar-refractivity contribution >= 4 is 12.0 Å². The third-order valence-corrected chi connectivity index (χ3v) is 5.23. The van der Waals surface area contributed by atoms with Crippen LogP contribution in [0, 0.1) is 0 Å². The molecule has 8 heteroatoms. The number of nitrogens with zero attached hydrogens (tertiary/aromatic N) is 1. The van der Waals surface area contributed by atoms with Gasteiger partial charge in [-0.15, -0.1) is 0 Å². The SMILES string of the molecule is COC(=O)C1=C(C)N(Cc2ccccc2)C(=O)NC1c1cc(OC)c(OC)cc1OC. The quantitative estimate of drug-likeness (QED) is 0.683. The first-order valence-corrected chi connectivity index (χ1v) is 9.66. The Bertz CT molecular complexity index is 1000. The largest absolute Gasteiger partial charge is 0.496 e. The molecular formula is C23H26N2O6. The molecule has 1 aliphatic heterocycles. The van der Waals surface area contributed by atoms with Crippen molar-refractivity contribution in [2.45, 2.75) is 19.5 Å². The van der Waals surface area contributed by atoms with E-state index in [4.69, 9.17) is 18.9 Å². The first-order chi connectivity index (χ1) is 14.9. The maximum Gasteiger partial charge on any atom is 0.337 e. The molecule has 0 aliphatic carbocycles. The minimum atomic E-state index is -0.790. The zero-order chi connectivity index (χ0) is 22.5. The maximum atomic E-state index is 13.1. The van der Waals surface area contributed by atoms with Gasteiger partial charge in [-0.1, -0.05) is 30.3 Å². The van der Waals surface area contributed by atoms with Gasteiger partial charge in [-0.25, -0.2) is 9.59 Å². The molecular weight excluding hydrogens is 400 g/mol. The van der Waals surface area contributed by atoms with Crippen LogP contribution in [-0.4, -0.2) is 45.3 Å². The number of esters is 1. The van der Waals surface area contributed by atoms with Crippen LogP contribution < -0.4 is 19.5 Å². The first-order valence-electron chi connectivity index (χ1n) is 9.66. The Hall–Kier alpha value is -3.68. The zero-order valence-corrected chi connectivity index (χ0v) is 18.2. The number of carbonyl (C=O) groups is 2. The fourth-order valence-corrected chi connectivity index (χ4v) is 3.62. The topological polar surface area (TPSA) is 86.3 Å². The molecule has 0 fully saturated rings. The van der Waals surface area contributed by atoms with Crippen molar-refractivity contribution in [1.82, 2.24) is 10.2 Å². The van der Waals surface area contributed by atoms with E-state index >= 15 is 0 Å². The number of methoxy groups -OCH3 is 4. The molecule has 0 spiro atoms. The number of rotatable bonds is 7. The Labute approximate surface area is 181 Å². The van der Waals surface area contributed by atoms with Gasteiger partial charge in [-0.05, 0) is 18.6 Å². The Morgan fingerprint density at radius 3 is 2.16 bits per heavy atom. The summed E-state index contributed by atoms with van der Waals surface area (Å²) in [6.07, 6.45) is 0. The summed E-state index contributed by atoms with van der Waals surface area (Å²) in [7, 11) is 5.84. The molecule has 2 amide bonds. The van der Waals surface area contributed by atoms with Crippen molar-refractivity contribution in [1.29, 1.82) is 0 Å². The number of amides is 2. The highest BCUT2D eigenvalue weighted by Crippen LogP contribution is 2.42. The molecule has 1 unspecified atom stereocenters. The van der Waals surface area contributed by atoms with Crippen LogP contribution in [0.25, 0.3) is 0 Å². The van der Waals surface area contributed by atoms with Crippen molar-refractivity contribution in [3.05, 3.63) is 64.9 Å². The summed E-state index contributed by atoms with van der Waals surface area (Å²) < 4.78 is 21.3. The van der Waals surface area contributed by atoms with E-state index in [0.29, 0.717) is 40.6 Å². The summed E-state index contributed by atoms with van der Waals surface area (Å²) in [5, 5.41) is 2.91. The van der Waals surface area contributed by atoms with E-state index < -0.39 is 12.0 Å². The molecule has 1 heterocycles. The molecule has 0 saturated carbocycles. The molecule has 1 aliphatic rings. The zero-order valence-electron chi connectivity index (χ0n) is 18.2. The monoisotopic (exact) mass is 426 g/mol. The number of ether oxygens (including phenoxy) is 4. The van der Waals surface area contributed by atoms with Crippen LogP contribution in [0.1, 0.15) is 24.1 Å². The lowest BCUT2D eigenvalue weighted by Gasteiger charge is -2.35. The minimum Gasteiger partial charge on any atom is -0.496 e. The third kappa shape index (κ3) is 4.28.